The van der Waals surface area contributed by atoms with Gasteiger partial charge in [-0.15, -0.1) is 0 Å². The van der Waals surface area contributed by atoms with E-state index >= 15 is 0 Å². The van der Waals surface area contributed by atoms with Crippen LogP contribution < -0.4 is 20.2 Å². The zero-order valence-electron chi connectivity index (χ0n) is 18.1. The summed E-state index contributed by atoms with van der Waals surface area (Å²) in [6.45, 7) is 3.91. The summed E-state index contributed by atoms with van der Waals surface area (Å²) >= 11 is 5.94. The smallest absolute Gasteiger partial charge is 0.329 e. The van der Waals surface area contributed by atoms with E-state index in [0.717, 1.165) is 28.4 Å². The molecule has 0 aliphatic carbocycles. The monoisotopic (exact) mass is 454 g/mol. The molecule has 0 saturated carbocycles. The Labute approximate surface area is 190 Å². The number of hydrogen-bond donors (Lipinski definition) is 2. The van der Waals surface area contributed by atoms with Crippen molar-refractivity contribution >= 4 is 35.3 Å². The van der Waals surface area contributed by atoms with Gasteiger partial charge < -0.3 is 19.4 Å². The van der Waals surface area contributed by atoms with Crippen LogP contribution >= 0.6 is 11.6 Å². The highest BCUT2D eigenvalue weighted by Crippen LogP contribution is 2.27. The maximum Gasteiger partial charge on any atom is 0.329 e. The molecule has 2 N–H and O–H groups in total. The van der Waals surface area contributed by atoms with E-state index in [1.807, 2.05) is 44.2 Å². The number of nitrogens with one attached hydrogen (secondary N) is 2. The minimum Gasteiger partial charge on any atom is -0.497 e. The molecule has 3 rings (SSSR count). The topological polar surface area (TPSA) is 94.0 Å². The van der Waals surface area contributed by atoms with E-state index in [2.05, 4.69) is 20.4 Å². The fourth-order valence-corrected chi connectivity index (χ4v) is 3.39. The maximum atomic E-state index is 12.2. The molecule has 166 valence electrons. The maximum absolute atomic E-state index is 12.2. The van der Waals surface area contributed by atoms with Crippen molar-refractivity contribution in [2.75, 3.05) is 19.5 Å². The Hall–Kier alpha value is -3.78. The number of methoxy groups -OCH3 is 2. The van der Waals surface area contributed by atoms with Gasteiger partial charge in [0.2, 0.25) is 0 Å². The molecular weight excluding hydrogens is 432 g/mol. The molecule has 2 aromatic carbocycles. The van der Waals surface area contributed by atoms with E-state index in [0.29, 0.717) is 10.8 Å². The summed E-state index contributed by atoms with van der Waals surface area (Å²) in [6, 6.07) is 14.3. The predicted octanol–water partition coefficient (Wildman–Crippen LogP) is 3.85. The first-order chi connectivity index (χ1) is 15.3. The van der Waals surface area contributed by atoms with Crippen molar-refractivity contribution in [3.8, 4) is 17.2 Å². The van der Waals surface area contributed by atoms with Crippen LogP contribution in [-0.2, 0) is 9.59 Å². The first kappa shape index (κ1) is 22.9. The van der Waals surface area contributed by atoms with Gasteiger partial charge in [-0.2, -0.15) is 5.10 Å². The van der Waals surface area contributed by atoms with Crippen LogP contribution in [0.1, 0.15) is 17.0 Å². The molecule has 0 aliphatic heterocycles. The van der Waals surface area contributed by atoms with Crippen molar-refractivity contribution < 1.29 is 19.1 Å². The lowest BCUT2D eigenvalue weighted by atomic mass is 10.2. The number of rotatable bonds is 6. The Morgan fingerprint density at radius 3 is 2.38 bits per heavy atom. The van der Waals surface area contributed by atoms with Gasteiger partial charge in [-0.05, 0) is 62.4 Å². The zero-order valence-corrected chi connectivity index (χ0v) is 18.9. The second-order valence-corrected chi connectivity index (χ2v) is 7.29. The molecule has 1 aromatic heterocycles. The summed E-state index contributed by atoms with van der Waals surface area (Å²) < 4.78 is 12.4. The summed E-state index contributed by atoms with van der Waals surface area (Å²) in [5.41, 5.74) is 6.21. The average molecular weight is 455 g/mol. The number of amides is 2. The number of carbonyl (C=O) groups is 2. The van der Waals surface area contributed by atoms with Crippen molar-refractivity contribution in [1.29, 1.82) is 0 Å². The molecule has 32 heavy (non-hydrogen) atoms. The number of halogens is 1. The third-order valence-corrected chi connectivity index (χ3v) is 5.02. The van der Waals surface area contributed by atoms with Crippen molar-refractivity contribution in [3.63, 3.8) is 0 Å². The summed E-state index contributed by atoms with van der Waals surface area (Å²) in [7, 11) is 3.07. The number of anilines is 1. The van der Waals surface area contributed by atoms with Crippen LogP contribution in [0.2, 0.25) is 5.02 Å². The van der Waals surface area contributed by atoms with Gasteiger partial charge in [-0.3, -0.25) is 9.59 Å². The Kier molecular flexibility index (Phi) is 7.17. The number of hydrazone groups is 1. The van der Waals surface area contributed by atoms with Crippen LogP contribution in [0.5, 0.6) is 11.5 Å². The summed E-state index contributed by atoms with van der Waals surface area (Å²) in [5, 5.41) is 6.78. The van der Waals surface area contributed by atoms with Crippen LogP contribution in [0.25, 0.3) is 5.69 Å². The number of aromatic nitrogens is 1. The molecule has 2 amide bonds. The van der Waals surface area contributed by atoms with Gasteiger partial charge in [0.25, 0.3) is 0 Å². The predicted molar refractivity (Wildman–Crippen MR) is 124 cm³/mol. The molecule has 0 spiro atoms. The highest BCUT2D eigenvalue weighted by Gasteiger charge is 2.16. The van der Waals surface area contributed by atoms with Crippen molar-refractivity contribution in [2.24, 2.45) is 5.10 Å². The molecule has 1 heterocycles. The molecule has 3 aromatic rings. The third-order valence-electron chi connectivity index (χ3n) is 4.79. The Balaban J connectivity index is 1.68. The number of nitrogens with zero attached hydrogens (tertiary/aromatic N) is 2. The fourth-order valence-electron chi connectivity index (χ4n) is 3.22. The van der Waals surface area contributed by atoms with Crippen LogP contribution in [0.3, 0.4) is 0 Å². The highest BCUT2D eigenvalue weighted by atomic mass is 35.5. The first-order valence-corrected chi connectivity index (χ1v) is 10.0. The van der Waals surface area contributed by atoms with Crippen molar-refractivity contribution in [3.05, 3.63) is 70.5 Å². The highest BCUT2D eigenvalue weighted by molar-refractivity contribution is 6.40. The average Bonchev–Trinajstić information content (AvgIpc) is 3.06. The molecule has 0 saturated heterocycles. The summed E-state index contributed by atoms with van der Waals surface area (Å²) in [4.78, 5) is 24.3. The number of aryl methyl sites for hydroxylation is 1. The van der Waals surface area contributed by atoms with Crippen LogP contribution in [0, 0.1) is 13.8 Å². The number of hydrogen-bond acceptors (Lipinski definition) is 5. The zero-order chi connectivity index (χ0) is 23.3. The second-order valence-electron chi connectivity index (χ2n) is 6.86. The lowest BCUT2D eigenvalue weighted by molar-refractivity contribution is -0.136. The molecule has 9 heteroatoms. The molecule has 0 bridgehead atoms. The number of ether oxygens (including phenoxy) is 2. The molecule has 0 unspecified atom stereocenters. The standard InChI is InChI=1S/C23H23ClN4O4/c1-14-11-16(15(2)28(14)18-6-8-19(31-3)9-7-18)13-25-27-23(30)22(29)26-20-12-17(24)5-10-21(20)32-4/h5-13H,1-4H3,(H,26,29)(H,27,30)/b25-13-. The molecule has 8 nitrogen and oxygen atoms in total. The molecular formula is C23H23ClN4O4. The van der Waals surface area contributed by atoms with E-state index in [4.69, 9.17) is 21.1 Å². The fraction of sp³-hybridized carbons (Fsp3) is 0.174. The van der Waals surface area contributed by atoms with Gasteiger partial charge in [0.1, 0.15) is 11.5 Å². The van der Waals surface area contributed by atoms with Crippen molar-refractivity contribution in [2.45, 2.75) is 13.8 Å². The van der Waals surface area contributed by atoms with E-state index in [-0.39, 0.29) is 5.69 Å². The Morgan fingerprint density at radius 2 is 1.72 bits per heavy atom. The first-order valence-electron chi connectivity index (χ1n) is 9.65. The van der Waals surface area contributed by atoms with Gasteiger partial charge in [0.15, 0.2) is 0 Å². The summed E-state index contributed by atoms with van der Waals surface area (Å²) in [5.74, 6) is -0.668. The molecule has 0 atom stereocenters. The third kappa shape index (κ3) is 5.09. The molecule has 0 fully saturated rings. The van der Waals surface area contributed by atoms with Crippen LogP contribution in [0.15, 0.2) is 53.6 Å². The second kappa shape index (κ2) is 10.0. The lowest BCUT2D eigenvalue weighted by Gasteiger charge is -2.10. The van der Waals surface area contributed by atoms with E-state index in [1.54, 1.807) is 19.2 Å². The SMILES string of the molecule is COc1ccc(-n2c(C)cc(/C=N\NC(=O)C(=O)Nc3cc(Cl)ccc3OC)c2C)cc1. The Bertz CT molecular complexity index is 1170. The van der Waals surface area contributed by atoms with Gasteiger partial charge in [-0.1, -0.05) is 11.6 Å². The van der Waals surface area contributed by atoms with Crippen LogP contribution in [0.4, 0.5) is 5.69 Å². The molecule has 0 radical (unpaired) electrons. The quantitative estimate of drug-likeness (QED) is 0.336. The largest absolute Gasteiger partial charge is 0.497 e. The minimum absolute atomic E-state index is 0.284. The Morgan fingerprint density at radius 1 is 1.00 bits per heavy atom. The minimum atomic E-state index is -0.924. The van der Waals surface area contributed by atoms with E-state index in [9.17, 15) is 9.59 Å². The number of benzene rings is 2. The van der Waals surface area contributed by atoms with Gasteiger partial charge in [0, 0.05) is 27.7 Å². The lowest BCUT2D eigenvalue weighted by Crippen LogP contribution is -2.32. The normalized spacial score (nSPS) is 10.8. The van der Waals surface area contributed by atoms with Gasteiger partial charge in [0.05, 0.1) is 26.1 Å². The number of carbonyl (C=O) groups excluding carboxylic acids is 2. The summed E-state index contributed by atoms with van der Waals surface area (Å²) in [6.07, 6.45) is 1.49. The molecule has 0 aliphatic rings. The van der Waals surface area contributed by atoms with Crippen LogP contribution in [-0.4, -0.2) is 36.8 Å². The van der Waals surface area contributed by atoms with Gasteiger partial charge in [-0.25, -0.2) is 5.43 Å². The van der Waals surface area contributed by atoms with E-state index in [1.165, 1.54) is 19.4 Å². The van der Waals surface area contributed by atoms with Gasteiger partial charge >= 0.3 is 11.8 Å². The van der Waals surface area contributed by atoms with E-state index < -0.39 is 11.8 Å². The van der Waals surface area contributed by atoms with Crippen molar-refractivity contribution in [1.82, 2.24) is 9.99 Å².